The van der Waals surface area contributed by atoms with E-state index in [1.165, 1.54) is 6.92 Å². The highest BCUT2D eigenvalue weighted by molar-refractivity contribution is 5.88. The number of amides is 3. The SMILES string of the molecule is CC(=O)NCC(=O)NCC(=O)NCC(Cc1cccc2ccccc12)C(=O)O. The number of carboxylic acids is 1. The third-order valence-electron chi connectivity index (χ3n) is 4.19. The Kier molecular flexibility index (Phi) is 7.50. The highest BCUT2D eigenvalue weighted by atomic mass is 16.4. The number of carbonyl (C=O) groups is 4. The van der Waals surface area contributed by atoms with Crippen molar-refractivity contribution in [2.24, 2.45) is 5.92 Å². The molecule has 4 N–H and O–H groups in total. The predicted molar refractivity (Wildman–Crippen MR) is 103 cm³/mol. The maximum Gasteiger partial charge on any atom is 0.308 e. The minimum atomic E-state index is -1.01. The zero-order valence-electron chi connectivity index (χ0n) is 15.5. The van der Waals surface area contributed by atoms with Crippen molar-refractivity contribution in [1.82, 2.24) is 16.0 Å². The fourth-order valence-electron chi connectivity index (χ4n) is 2.73. The molecule has 3 amide bonds. The van der Waals surface area contributed by atoms with Gasteiger partial charge in [0, 0.05) is 13.5 Å². The average molecular weight is 385 g/mol. The van der Waals surface area contributed by atoms with Crippen LogP contribution >= 0.6 is 0 Å². The minimum absolute atomic E-state index is 0.0566. The van der Waals surface area contributed by atoms with Gasteiger partial charge in [-0.05, 0) is 22.8 Å². The zero-order valence-corrected chi connectivity index (χ0v) is 15.5. The molecule has 148 valence electrons. The molecule has 2 rings (SSSR count). The lowest BCUT2D eigenvalue weighted by atomic mass is 9.95. The van der Waals surface area contributed by atoms with Gasteiger partial charge >= 0.3 is 5.97 Å². The summed E-state index contributed by atoms with van der Waals surface area (Å²) in [6.07, 6.45) is 0.270. The molecule has 0 saturated heterocycles. The molecule has 0 heterocycles. The quantitative estimate of drug-likeness (QED) is 0.499. The Hall–Kier alpha value is -3.42. The number of carbonyl (C=O) groups excluding carboxylic acids is 3. The van der Waals surface area contributed by atoms with Crippen LogP contribution in [-0.4, -0.2) is 48.4 Å². The monoisotopic (exact) mass is 385 g/mol. The molecule has 1 unspecified atom stereocenters. The van der Waals surface area contributed by atoms with Gasteiger partial charge in [-0.25, -0.2) is 0 Å². The molecule has 28 heavy (non-hydrogen) atoms. The van der Waals surface area contributed by atoms with Crippen molar-refractivity contribution in [3.05, 3.63) is 48.0 Å². The van der Waals surface area contributed by atoms with Gasteiger partial charge in [0.25, 0.3) is 0 Å². The maximum absolute atomic E-state index is 11.9. The predicted octanol–water partition coefficient (Wildman–Crippen LogP) is 0.452. The van der Waals surface area contributed by atoms with Gasteiger partial charge in [0.1, 0.15) is 0 Å². The fraction of sp³-hybridized carbons (Fsp3) is 0.300. The molecule has 0 aliphatic carbocycles. The smallest absolute Gasteiger partial charge is 0.308 e. The number of hydrogen-bond donors (Lipinski definition) is 4. The second-order valence-corrected chi connectivity index (χ2v) is 6.37. The molecule has 0 saturated carbocycles. The molecule has 2 aromatic rings. The standard InChI is InChI=1S/C20H23N3O5/c1-13(24)21-11-18(25)23-12-19(26)22-10-16(20(27)28)9-15-7-4-6-14-5-2-3-8-17(14)15/h2-8,16H,9-12H2,1H3,(H,21,24)(H,22,26)(H,23,25)(H,27,28). The molecule has 0 fully saturated rings. The fourth-order valence-corrected chi connectivity index (χ4v) is 2.73. The normalized spacial score (nSPS) is 11.5. The number of aliphatic carboxylic acids is 1. The Bertz CT molecular complexity index is 876. The minimum Gasteiger partial charge on any atom is -0.481 e. The van der Waals surface area contributed by atoms with Gasteiger partial charge in [0.2, 0.25) is 17.7 Å². The number of rotatable bonds is 9. The number of benzene rings is 2. The van der Waals surface area contributed by atoms with Crippen molar-refractivity contribution < 1.29 is 24.3 Å². The first-order valence-electron chi connectivity index (χ1n) is 8.84. The van der Waals surface area contributed by atoms with Gasteiger partial charge in [-0.15, -0.1) is 0 Å². The van der Waals surface area contributed by atoms with Crippen LogP contribution in [0.1, 0.15) is 12.5 Å². The van der Waals surface area contributed by atoms with Crippen molar-refractivity contribution >= 4 is 34.5 Å². The van der Waals surface area contributed by atoms with E-state index in [1.807, 2.05) is 42.5 Å². The second-order valence-electron chi connectivity index (χ2n) is 6.37. The molecule has 2 aromatic carbocycles. The molecular formula is C20H23N3O5. The third-order valence-corrected chi connectivity index (χ3v) is 4.19. The average Bonchev–Trinajstić information content (AvgIpc) is 2.67. The summed E-state index contributed by atoms with van der Waals surface area (Å²) in [5.41, 5.74) is 0.892. The molecule has 0 bridgehead atoms. The molecule has 8 nitrogen and oxygen atoms in total. The van der Waals surface area contributed by atoms with E-state index in [4.69, 9.17) is 0 Å². The van der Waals surface area contributed by atoms with Crippen molar-refractivity contribution in [3.63, 3.8) is 0 Å². The molecule has 0 radical (unpaired) electrons. The summed E-state index contributed by atoms with van der Waals surface area (Å²) in [6.45, 7) is 0.710. The lowest BCUT2D eigenvalue weighted by molar-refractivity contribution is -0.141. The summed E-state index contributed by atoms with van der Waals surface area (Å²) in [6, 6.07) is 13.4. The Balaban J connectivity index is 1.89. The lowest BCUT2D eigenvalue weighted by Gasteiger charge is -2.15. The highest BCUT2D eigenvalue weighted by Crippen LogP contribution is 2.21. The van der Waals surface area contributed by atoms with E-state index in [1.54, 1.807) is 0 Å². The number of fused-ring (bicyclic) bond motifs is 1. The summed E-state index contributed by atoms with van der Waals surface area (Å²) in [4.78, 5) is 45.7. The molecule has 0 spiro atoms. The molecule has 0 aliphatic heterocycles. The Morgan fingerprint density at radius 3 is 2.25 bits per heavy atom. The van der Waals surface area contributed by atoms with E-state index in [0.29, 0.717) is 0 Å². The lowest BCUT2D eigenvalue weighted by Crippen LogP contribution is -2.43. The van der Waals surface area contributed by atoms with E-state index in [-0.39, 0.29) is 32.0 Å². The Morgan fingerprint density at radius 2 is 1.54 bits per heavy atom. The van der Waals surface area contributed by atoms with Crippen molar-refractivity contribution in [2.45, 2.75) is 13.3 Å². The molecule has 0 aliphatic rings. The van der Waals surface area contributed by atoms with E-state index in [9.17, 15) is 24.3 Å². The number of hydrogen-bond acceptors (Lipinski definition) is 4. The first-order chi connectivity index (χ1) is 13.4. The topological polar surface area (TPSA) is 125 Å². The number of carboxylic acid groups (broad SMARTS) is 1. The maximum atomic E-state index is 11.9. The van der Waals surface area contributed by atoms with Gasteiger partial charge in [-0.1, -0.05) is 42.5 Å². The van der Waals surface area contributed by atoms with Gasteiger partial charge in [-0.3, -0.25) is 19.2 Å². The van der Waals surface area contributed by atoms with Crippen molar-refractivity contribution in [3.8, 4) is 0 Å². The number of nitrogens with one attached hydrogen (secondary N) is 3. The first-order valence-corrected chi connectivity index (χ1v) is 8.84. The molecule has 0 aromatic heterocycles. The summed E-state index contributed by atoms with van der Waals surface area (Å²) in [7, 11) is 0. The Morgan fingerprint density at radius 1 is 0.893 bits per heavy atom. The van der Waals surface area contributed by atoms with Gasteiger partial charge < -0.3 is 21.1 Å². The van der Waals surface area contributed by atoms with Crippen LogP contribution in [0, 0.1) is 5.92 Å². The van der Waals surface area contributed by atoms with Crippen LogP contribution < -0.4 is 16.0 Å². The first kappa shape index (κ1) is 20.9. The zero-order chi connectivity index (χ0) is 20.5. The summed E-state index contributed by atoms with van der Waals surface area (Å²) >= 11 is 0. The van der Waals surface area contributed by atoms with Crippen molar-refractivity contribution in [1.29, 1.82) is 0 Å². The Labute approximate surface area is 162 Å². The largest absolute Gasteiger partial charge is 0.481 e. The van der Waals surface area contributed by atoms with Crippen LogP contribution in [-0.2, 0) is 25.6 Å². The molecule has 1 atom stereocenters. The molecular weight excluding hydrogens is 362 g/mol. The van der Waals surface area contributed by atoms with Crippen LogP contribution in [0.3, 0.4) is 0 Å². The second kappa shape index (κ2) is 10.1. The van der Waals surface area contributed by atoms with Crippen LogP contribution in [0.25, 0.3) is 10.8 Å². The van der Waals surface area contributed by atoms with Crippen LogP contribution in [0.15, 0.2) is 42.5 Å². The van der Waals surface area contributed by atoms with E-state index in [2.05, 4.69) is 16.0 Å². The van der Waals surface area contributed by atoms with E-state index >= 15 is 0 Å². The van der Waals surface area contributed by atoms with Gasteiger partial charge in [0.15, 0.2) is 0 Å². The van der Waals surface area contributed by atoms with Gasteiger partial charge in [0.05, 0.1) is 19.0 Å². The molecule has 8 heteroatoms. The third kappa shape index (κ3) is 6.39. The van der Waals surface area contributed by atoms with Crippen LogP contribution in [0.2, 0.25) is 0 Å². The van der Waals surface area contributed by atoms with Gasteiger partial charge in [-0.2, -0.15) is 0 Å². The van der Waals surface area contributed by atoms with E-state index in [0.717, 1.165) is 16.3 Å². The van der Waals surface area contributed by atoms with Crippen LogP contribution in [0.4, 0.5) is 0 Å². The van der Waals surface area contributed by atoms with Crippen LogP contribution in [0.5, 0.6) is 0 Å². The van der Waals surface area contributed by atoms with Crippen molar-refractivity contribution in [2.75, 3.05) is 19.6 Å². The summed E-state index contributed by atoms with van der Waals surface area (Å²) in [5, 5.41) is 18.7. The summed E-state index contributed by atoms with van der Waals surface area (Å²) in [5.74, 6) is -3.17. The van der Waals surface area contributed by atoms with E-state index < -0.39 is 23.7 Å². The highest BCUT2D eigenvalue weighted by Gasteiger charge is 2.20. The summed E-state index contributed by atoms with van der Waals surface area (Å²) < 4.78 is 0.